The zero-order chi connectivity index (χ0) is 16.5. The van der Waals surface area contributed by atoms with Crippen molar-refractivity contribution in [1.82, 2.24) is 9.80 Å². The topological polar surface area (TPSA) is 40.6 Å². The van der Waals surface area contributed by atoms with E-state index in [2.05, 4.69) is 4.90 Å². The van der Waals surface area contributed by atoms with Crippen LogP contribution < -0.4 is 0 Å². The lowest BCUT2D eigenvalue weighted by atomic mass is 10.0. The van der Waals surface area contributed by atoms with Gasteiger partial charge in [0.1, 0.15) is 0 Å². The molecule has 1 aromatic rings. The van der Waals surface area contributed by atoms with Gasteiger partial charge in [0.2, 0.25) is 0 Å². The van der Waals surface area contributed by atoms with Crippen molar-refractivity contribution in [3.05, 3.63) is 34.9 Å². The number of nitrogens with zero attached hydrogens (tertiary/aromatic N) is 2. The van der Waals surface area contributed by atoms with E-state index in [4.69, 9.17) is 0 Å². The molecule has 4 heteroatoms. The van der Waals surface area contributed by atoms with Crippen LogP contribution in [0.15, 0.2) is 18.2 Å². The highest BCUT2D eigenvalue weighted by Crippen LogP contribution is 2.27. The second-order valence-corrected chi connectivity index (χ2v) is 7.37. The van der Waals surface area contributed by atoms with E-state index < -0.39 is 0 Å². The van der Waals surface area contributed by atoms with Gasteiger partial charge >= 0.3 is 0 Å². The minimum atomic E-state index is 0.120. The van der Waals surface area contributed by atoms with Crippen molar-refractivity contribution < 1.29 is 9.59 Å². The fraction of sp³-hybridized carbons (Fsp3) is 0.600. The van der Waals surface area contributed by atoms with E-state index in [1.54, 1.807) is 0 Å². The van der Waals surface area contributed by atoms with E-state index in [0.29, 0.717) is 6.42 Å². The molecule has 4 rings (SSSR count). The largest absolute Gasteiger partial charge is 0.337 e. The highest BCUT2D eigenvalue weighted by atomic mass is 16.2. The smallest absolute Gasteiger partial charge is 0.254 e. The van der Waals surface area contributed by atoms with Gasteiger partial charge in [0, 0.05) is 49.8 Å². The van der Waals surface area contributed by atoms with E-state index in [1.165, 1.54) is 25.7 Å². The normalized spacial score (nSPS) is 22.7. The Morgan fingerprint density at radius 3 is 2.62 bits per heavy atom. The second-order valence-electron chi connectivity index (χ2n) is 7.37. The zero-order valence-corrected chi connectivity index (χ0v) is 14.3. The molecule has 0 radical (unpaired) electrons. The van der Waals surface area contributed by atoms with E-state index in [9.17, 15) is 9.59 Å². The number of carbonyl (C=O) groups is 2. The summed E-state index contributed by atoms with van der Waals surface area (Å²) in [6, 6.07) is 6.36. The predicted octanol–water partition coefficient (Wildman–Crippen LogP) is 2.91. The Labute approximate surface area is 143 Å². The van der Waals surface area contributed by atoms with Crippen molar-refractivity contribution in [3.8, 4) is 0 Å². The first-order valence-corrected chi connectivity index (χ1v) is 9.42. The molecule has 3 aliphatic rings. The lowest BCUT2D eigenvalue weighted by Gasteiger charge is -2.27. The zero-order valence-electron chi connectivity index (χ0n) is 14.3. The van der Waals surface area contributed by atoms with Gasteiger partial charge in [0.15, 0.2) is 5.78 Å². The summed E-state index contributed by atoms with van der Waals surface area (Å²) in [5, 5.41) is 0. The summed E-state index contributed by atoms with van der Waals surface area (Å²) in [5.41, 5.74) is 2.50. The number of hydrogen-bond acceptors (Lipinski definition) is 3. The maximum Gasteiger partial charge on any atom is 0.254 e. The first-order chi connectivity index (χ1) is 11.7. The van der Waals surface area contributed by atoms with Crippen LogP contribution in [0.25, 0.3) is 0 Å². The van der Waals surface area contributed by atoms with Gasteiger partial charge < -0.3 is 4.90 Å². The molecule has 0 spiro atoms. The van der Waals surface area contributed by atoms with Gasteiger partial charge in [-0.05, 0) is 37.3 Å². The predicted molar refractivity (Wildman–Crippen MR) is 93.4 cm³/mol. The minimum Gasteiger partial charge on any atom is -0.337 e. The van der Waals surface area contributed by atoms with Gasteiger partial charge in [-0.25, -0.2) is 0 Å². The monoisotopic (exact) mass is 326 g/mol. The SMILES string of the molecule is O=C1CCc2c1cccc2C(=O)N1CCCN(C2CCCC2)CC1. The maximum absolute atomic E-state index is 13.0. The summed E-state index contributed by atoms with van der Waals surface area (Å²) in [6.45, 7) is 3.75. The number of Topliss-reactive ketones (excluding diaryl/α,β-unsaturated/α-hetero) is 1. The number of benzene rings is 1. The molecule has 0 N–H and O–H groups in total. The third-order valence-electron chi connectivity index (χ3n) is 5.97. The molecule has 1 saturated heterocycles. The lowest BCUT2D eigenvalue weighted by Crippen LogP contribution is -2.38. The Morgan fingerprint density at radius 1 is 0.958 bits per heavy atom. The molecule has 128 valence electrons. The van der Waals surface area contributed by atoms with Crippen LogP contribution in [0.4, 0.5) is 0 Å². The Hall–Kier alpha value is -1.68. The van der Waals surface area contributed by atoms with Crippen molar-refractivity contribution in [2.24, 2.45) is 0 Å². The quantitative estimate of drug-likeness (QED) is 0.839. The molecule has 0 unspecified atom stereocenters. The van der Waals surface area contributed by atoms with E-state index >= 15 is 0 Å². The summed E-state index contributed by atoms with van der Waals surface area (Å²) in [7, 11) is 0. The van der Waals surface area contributed by atoms with Crippen LogP contribution in [-0.4, -0.2) is 53.7 Å². The molecular formula is C20H26N2O2. The minimum absolute atomic E-state index is 0.120. The third kappa shape index (κ3) is 2.88. The third-order valence-corrected chi connectivity index (χ3v) is 5.97. The first kappa shape index (κ1) is 15.8. The van der Waals surface area contributed by atoms with E-state index in [1.807, 2.05) is 23.1 Å². The number of rotatable bonds is 2. The molecule has 1 heterocycles. The van der Waals surface area contributed by atoms with Gasteiger partial charge in [-0.1, -0.05) is 25.0 Å². The standard InChI is InChI=1S/C20H26N2O2/c23-19-10-9-16-17(19)7-3-8-18(16)20(24)22-12-4-11-21(13-14-22)15-5-1-2-6-15/h3,7-8,15H,1-2,4-6,9-14H2. The first-order valence-electron chi connectivity index (χ1n) is 9.42. The van der Waals surface area contributed by atoms with Crippen LogP contribution in [0.2, 0.25) is 0 Å². The van der Waals surface area contributed by atoms with E-state index in [-0.39, 0.29) is 11.7 Å². The Balaban J connectivity index is 1.48. The fourth-order valence-corrected chi connectivity index (χ4v) is 4.64. The van der Waals surface area contributed by atoms with Gasteiger partial charge in [0.05, 0.1) is 0 Å². The Kier molecular flexibility index (Phi) is 4.40. The Bertz CT molecular complexity index is 649. The molecule has 0 bridgehead atoms. The molecule has 1 aliphatic heterocycles. The molecule has 4 nitrogen and oxygen atoms in total. The number of fused-ring (bicyclic) bond motifs is 1. The summed E-state index contributed by atoms with van der Waals surface area (Å²) in [6.07, 6.45) is 7.68. The molecule has 2 aliphatic carbocycles. The van der Waals surface area contributed by atoms with Gasteiger partial charge in [-0.3, -0.25) is 14.5 Å². The molecular weight excluding hydrogens is 300 g/mol. The molecule has 0 aromatic heterocycles. The van der Waals surface area contributed by atoms with Crippen LogP contribution in [-0.2, 0) is 6.42 Å². The van der Waals surface area contributed by atoms with Crippen molar-refractivity contribution in [2.75, 3.05) is 26.2 Å². The summed E-state index contributed by atoms with van der Waals surface area (Å²) >= 11 is 0. The van der Waals surface area contributed by atoms with Crippen molar-refractivity contribution in [2.45, 2.75) is 51.0 Å². The number of carbonyl (C=O) groups excluding carboxylic acids is 2. The number of ketones is 1. The van der Waals surface area contributed by atoms with Gasteiger partial charge in [-0.15, -0.1) is 0 Å². The van der Waals surface area contributed by atoms with Crippen LogP contribution in [0.3, 0.4) is 0 Å². The highest BCUT2D eigenvalue weighted by Gasteiger charge is 2.29. The van der Waals surface area contributed by atoms with Crippen molar-refractivity contribution in [1.29, 1.82) is 0 Å². The van der Waals surface area contributed by atoms with E-state index in [0.717, 1.165) is 61.8 Å². The molecule has 1 aromatic carbocycles. The second kappa shape index (κ2) is 6.67. The summed E-state index contributed by atoms with van der Waals surface area (Å²) in [4.78, 5) is 29.6. The average molecular weight is 326 g/mol. The molecule has 1 amide bonds. The van der Waals surface area contributed by atoms with Crippen molar-refractivity contribution >= 4 is 11.7 Å². The van der Waals surface area contributed by atoms with Crippen LogP contribution >= 0.6 is 0 Å². The average Bonchev–Trinajstić information content (AvgIpc) is 3.19. The molecule has 24 heavy (non-hydrogen) atoms. The van der Waals surface area contributed by atoms with Crippen LogP contribution in [0, 0.1) is 0 Å². The van der Waals surface area contributed by atoms with Crippen LogP contribution in [0.1, 0.15) is 64.8 Å². The summed E-state index contributed by atoms with van der Waals surface area (Å²) < 4.78 is 0. The lowest BCUT2D eigenvalue weighted by molar-refractivity contribution is 0.0757. The van der Waals surface area contributed by atoms with Gasteiger partial charge in [-0.2, -0.15) is 0 Å². The molecule has 1 saturated carbocycles. The molecule has 2 fully saturated rings. The van der Waals surface area contributed by atoms with Crippen LogP contribution in [0.5, 0.6) is 0 Å². The highest BCUT2D eigenvalue weighted by molar-refractivity contribution is 6.05. The fourth-order valence-electron chi connectivity index (χ4n) is 4.64. The Morgan fingerprint density at radius 2 is 1.79 bits per heavy atom. The molecule has 0 atom stereocenters. The summed E-state index contributed by atoms with van der Waals surface area (Å²) in [5.74, 6) is 0.303. The number of amides is 1. The van der Waals surface area contributed by atoms with Gasteiger partial charge in [0.25, 0.3) is 5.91 Å². The number of hydrogen-bond donors (Lipinski definition) is 0. The maximum atomic E-state index is 13.0. The van der Waals surface area contributed by atoms with Crippen molar-refractivity contribution in [3.63, 3.8) is 0 Å².